The van der Waals surface area contributed by atoms with Crippen molar-refractivity contribution < 1.29 is 4.79 Å². The van der Waals surface area contributed by atoms with Crippen LogP contribution in [0.25, 0.3) is 0 Å². The molecule has 20 heavy (non-hydrogen) atoms. The van der Waals surface area contributed by atoms with Crippen molar-refractivity contribution in [3.63, 3.8) is 0 Å². The summed E-state index contributed by atoms with van der Waals surface area (Å²) in [6.07, 6.45) is 1.76. The van der Waals surface area contributed by atoms with E-state index in [0.717, 1.165) is 24.5 Å². The number of hydrogen-bond donors (Lipinski definition) is 2. The van der Waals surface area contributed by atoms with Gasteiger partial charge < -0.3 is 15.5 Å². The van der Waals surface area contributed by atoms with E-state index in [4.69, 9.17) is 0 Å². The topological polar surface area (TPSA) is 57.3 Å². The summed E-state index contributed by atoms with van der Waals surface area (Å²) in [5, 5.41) is 6.21. The van der Waals surface area contributed by atoms with E-state index in [1.54, 1.807) is 6.20 Å². The lowest BCUT2D eigenvalue weighted by Gasteiger charge is -2.21. The predicted molar refractivity (Wildman–Crippen MR) is 82.7 cm³/mol. The zero-order valence-corrected chi connectivity index (χ0v) is 12.9. The summed E-state index contributed by atoms with van der Waals surface area (Å²) in [6.45, 7) is 8.98. The molecule has 5 heteroatoms. The third kappa shape index (κ3) is 5.57. The fourth-order valence-electron chi connectivity index (χ4n) is 1.95. The summed E-state index contributed by atoms with van der Waals surface area (Å²) in [6, 6.07) is 3.97. The number of pyridine rings is 1. The number of aromatic nitrogens is 1. The molecule has 0 aliphatic rings. The molecule has 2 N–H and O–H groups in total. The molecule has 1 heterocycles. The Hall–Kier alpha value is -1.62. The van der Waals surface area contributed by atoms with Gasteiger partial charge in [-0.15, -0.1) is 0 Å². The normalized spacial score (nSPS) is 10.7. The molecule has 1 aromatic rings. The lowest BCUT2D eigenvalue weighted by atomic mass is 10.2. The monoisotopic (exact) mass is 278 g/mol. The maximum absolute atomic E-state index is 11.6. The van der Waals surface area contributed by atoms with Crippen LogP contribution in [-0.2, 0) is 11.3 Å². The number of carbonyl (C=O) groups excluding carboxylic acids is 1. The third-order valence-electron chi connectivity index (χ3n) is 2.85. The molecule has 0 bridgehead atoms. The molecule has 1 amide bonds. The summed E-state index contributed by atoms with van der Waals surface area (Å²) in [4.78, 5) is 17.9. The quantitative estimate of drug-likeness (QED) is 0.755. The first-order valence-electron chi connectivity index (χ1n) is 7.17. The van der Waals surface area contributed by atoms with E-state index in [1.807, 2.05) is 31.0 Å². The minimum absolute atomic E-state index is 0.0155. The van der Waals surface area contributed by atoms with Crippen molar-refractivity contribution in [1.82, 2.24) is 15.6 Å². The van der Waals surface area contributed by atoms with Crippen LogP contribution < -0.4 is 15.5 Å². The second-order valence-electron chi connectivity index (χ2n) is 5.32. The van der Waals surface area contributed by atoms with Crippen LogP contribution in [0.4, 0.5) is 5.82 Å². The van der Waals surface area contributed by atoms with Gasteiger partial charge in [-0.1, -0.05) is 19.9 Å². The van der Waals surface area contributed by atoms with Crippen molar-refractivity contribution in [3.8, 4) is 0 Å². The number of anilines is 1. The number of likely N-dealkylation sites (N-methyl/N-ethyl adjacent to an activating group) is 2. The third-order valence-corrected chi connectivity index (χ3v) is 2.85. The van der Waals surface area contributed by atoms with Gasteiger partial charge in [0.1, 0.15) is 5.82 Å². The van der Waals surface area contributed by atoms with Crippen LogP contribution in [0, 0.1) is 5.92 Å². The molecular formula is C15H26N4O. The minimum Gasteiger partial charge on any atom is -0.355 e. The summed E-state index contributed by atoms with van der Waals surface area (Å²) in [5.74, 6) is 1.49. The molecule has 0 saturated heterocycles. The Labute approximate surface area is 121 Å². The van der Waals surface area contributed by atoms with E-state index in [0.29, 0.717) is 19.0 Å². The van der Waals surface area contributed by atoms with Crippen molar-refractivity contribution in [1.29, 1.82) is 0 Å². The molecule has 5 nitrogen and oxygen atoms in total. The standard InChI is InChI=1S/C15H26N4O/c1-5-17-14(20)11-19(4)15-13(7-6-8-18-15)10-16-9-12(2)3/h6-8,12,16H,5,9-11H2,1-4H3,(H,17,20). The lowest BCUT2D eigenvalue weighted by molar-refractivity contribution is -0.119. The van der Waals surface area contributed by atoms with E-state index in [1.165, 1.54) is 0 Å². The number of hydrogen-bond acceptors (Lipinski definition) is 4. The highest BCUT2D eigenvalue weighted by molar-refractivity contribution is 5.81. The van der Waals surface area contributed by atoms with Crippen LogP contribution in [0.5, 0.6) is 0 Å². The Balaban J connectivity index is 2.66. The molecule has 0 unspecified atom stereocenters. The predicted octanol–water partition coefficient (Wildman–Crippen LogP) is 1.40. The van der Waals surface area contributed by atoms with Gasteiger partial charge in [0.25, 0.3) is 0 Å². The SMILES string of the molecule is CCNC(=O)CN(C)c1ncccc1CNCC(C)C. The van der Waals surface area contributed by atoms with Crippen molar-refractivity contribution in [3.05, 3.63) is 23.9 Å². The van der Waals surface area contributed by atoms with Crippen molar-refractivity contribution in [2.45, 2.75) is 27.3 Å². The van der Waals surface area contributed by atoms with Crippen LogP contribution >= 0.6 is 0 Å². The maximum Gasteiger partial charge on any atom is 0.239 e. The molecule has 0 aliphatic heterocycles. The molecule has 1 aromatic heterocycles. The first kappa shape index (κ1) is 16.4. The summed E-state index contributed by atoms with van der Waals surface area (Å²) in [7, 11) is 1.89. The molecule has 0 spiro atoms. The molecule has 112 valence electrons. The van der Waals surface area contributed by atoms with Gasteiger partial charge in [-0.25, -0.2) is 4.98 Å². The van der Waals surface area contributed by atoms with E-state index in [2.05, 4.69) is 29.5 Å². The first-order valence-corrected chi connectivity index (χ1v) is 7.17. The number of carbonyl (C=O) groups is 1. The van der Waals surface area contributed by atoms with Crippen molar-refractivity contribution in [2.75, 3.05) is 31.6 Å². The second kappa shape index (κ2) is 8.53. The smallest absolute Gasteiger partial charge is 0.239 e. The first-order chi connectivity index (χ1) is 9.54. The number of amides is 1. The minimum atomic E-state index is 0.0155. The van der Waals surface area contributed by atoms with Gasteiger partial charge in [-0.3, -0.25) is 4.79 Å². The van der Waals surface area contributed by atoms with E-state index >= 15 is 0 Å². The van der Waals surface area contributed by atoms with Gasteiger partial charge in [0.05, 0.1) is 6.54 Å². The molecule has 0 aliphatic carbocycles. The fourth-order valence-corrected chi connectivity index (χ4v) is 1.95. The zero-order valence-electron chi connectivity index (χ0n) is 12.9. The summed E-state index contributed by atoms with van der Waals surface area (Å²) in [5.41, 5.74) is 1.11. The Morgan fingerprint density at radius 1 is 1.45 bits per heavy atom. The number of nitrogens with one attached hydrogen (secondary N) is 2. The number of rotatable bonds is 8. The van der Waals surface area contributed by atoms with E-state index in [9.17, 15) is 4.79 Å². The largest absolute Gasteiger partial charge is 0.355 e. The second-order valence-corrected chi connectivity index (χ2v) is 5.32. The highest BCUT2D eigenvalue weighted by Gasteiger charge is 2.11. The van der Waals surface area contributed by atoms with Gasteiger partial charge in [0, 0.05) is 31.9 Å². The van der Waals surface area contributed by atoms with E-state index in [-0.39, 0.29) is 5.91 Å². The van der Waals surface area contributed by atoms with Crippen molar-refractivity contribution >= 4 is 11.7 Å². The molecule has 1 rings (SSSR count). The fraction of sp³-hybridized carbons (Fsp3) is 0.600. The Morgan fingerprint density at radius 3 is 2.85 bits per heavy atom. The Bertz CT molecular complexity index is 420. The lowest BCUT2D eigenvalue weighted by Crippen LogP contribution is -2.36. The maximum atomic E-state index is 11.6. The summed E-state index contributed by atoms with van der Waals surface area (Å²) >= 11 is 0. The highest BCUT2D eigenvalue weighted by atomic mass is 16.2. The Morgan fingerprint density at radius 2 is 2.20 bits per heavy atom. The average Bonchev–Trinajstić information content (AvgIpc) is 2.39. The molecule has 0 aromatic carbocycles. The zero-order chi connectivity index (χ0) is 15.0. The van der Waals surface area contributed by atoms with Crippen LogP contribution in [0.2, 0.25) is 0 Å². The van der Waals surface area contributed by atoms with Crippen LogP contribution in [0.15, 0.2) is 18.3 Å². The van der Waals surface area contributed by atoms with Crippen LogP contribution in [0.3, 0.4) is 0 Å². The van der Waals surface area contributed by atoms with Crippen LogP contribution in [0.1, 0.15) is 26.3 Å². The number of nitrogens with zero attached hydrogens (tertiary/aromatic N) is 2. The van der Waals surface area contributed by atoms with Gasteiger partial charge in [-0.2, -0.15) is 0 Å². The van der Waals surface area contributed by atoms with Crippen molar-refractivity contribution in [2.24, 2.45) is 5.92 Å². The molecule has 0 saturated carbocycles. The van der Waals surface area contributed by atoms with Gasteiger partial charge in [0.15, 0.2) is 0 Å². The molecular weight excluding hydrogens is 252 g/mol. The van der Waals surface area contributed by atoms with Gasteiger partial charge in [-0.05, 0) is 25.5 Å². The van der Waals surface area contributed by atoms with Crippen LogP contribution in [-0.4, -0.2) is 37.6 Å². The van der Waals surface area contributed by atoms with Gasteiger partial charge >= 0.3 is 0 Å². The Kier molecular flexibility index (Phi) is 7.01. The molecule has 0 radical (unpaired) electrons. The molecule has 0 atom stereocenters. The highest BCUT2D eigenvalue weighted by Crippen LogP contribution is 2.15. The van der Waals surface area contributed by atoms with E-state index < -0.39 is 0 Å². The average molecular weight is 278 g/mol. The summed E-state index contributed by atoms with van der Waals surface area (Å²) < 4.78 is 0. The van der Waals surface area contributed by atoms with Gasteiger partial charge in [0.2, 0.25) is 5.91 Å². The molecule has 0 fully saturated rings.